The topological polar surface area (TPSA) is 32.3 Å². The maximum absolute atomic E-state index is 13.4. The summed E-state index contributed by atoms with van der Waals surface area (Å²) in [7, 11) is 1.47. The highest BCUT2D eigenvalue weighted by Gasteiger charge is 2.33. The van der Waals surface area contributed by atoms with Gasteiger partial charge in [0.05, 0.1) is 0 Å². The Hall–Kier alpha value is -1.86. The van der Waals surface area contributed by atoms with Crippen LogP contribution in [0.25, 0.3) is 0 Å². The van der Waals surface area contributed by atoms with Crippen molar-refractivity contribution in [3.63, 3.8) is 0 Å². The molecule has 1 heterocycles. The van der Waals surface area contributed by atoms with Crippen LogP contribution in [0.3, 0.4) is 0 Å². The summed E-state index contributed by atoms with van der Waals surface area (Å²) in [4.78, 5) is 12.8. The van der Waals surface area contributed by atoms with Gasteiger partial charge in [-0.3, -0.25) is 4.79 Å². The lowest BCUT2D eigenvalue weighted by molar-refractivity contribution is -0.127. The van der Waals surface area contributed by atoms with E-state index in [0.29, 0.717) is 6.54 Å². The normalized spacial score (nSPS) is 19.2. The third kappa shape index (κ3) is 2.11. The molecule has 104 valence electrons. The van der Waals surface area contributed by atoms with Gasteiger partial charge in [-0.2, -0.15) is 0 Å². The predicted octanol–water partition coefficient (Wildman–Crippen LogP) is 2.02. The lowest BCUT2D eigenvalue weighted by Gasteiger charge is -2.15. The summed E-state index contributed by atoms with van der Waals surface area (Å²) in [6.45, 7) is 0.339. The summed E-state index contributed by atoms with van der Waals surface area (Å²) in [5.74, 6) is -10.7. The van der Waals surface area contributed by atoms with Gasteiger partial charge in [0.2, 0.25) is 11.7 Å². The molecule has 0 aromatic heterocycles. The Morgan fingerprint density at radius 1 is 1.00 bits per heavy atom. The van der Waals surface area contributed by atoms with Gasteiger partial charge < -0.3 is 10.2 Å². The van der Waals surface area contributed by atoms with Crippen LogP contribution in [0, 0.1) is 29.1 Å². The standard InChI is InChI=1S/C11H9F5N2O/c1-18-3-2-4(11(18)19)17-10-8(15)6(13)5(12)7(14)9(10)16/h4,17H,2-3H2,1H3. The highest BCUT2D eigenvalue weighted by Crippen LogP contribution is 2.28. The van der Waals surface area contributed by atoms with E-state index in [9.17, 15) is 26.7 Å². The van der Waals surface area contributed by atoms with Crippen LogP contribution in [0.5, 0.6) is 0 Å². The van der Waals surface area contributed by atoms with Crippen LogP contribution in [0.4, 0.5) is 27.6 Å². The first-order valence-electron chi connectivity index (χ1n) is 5.37. The van der Waals surface area contributed by atoms with Crippen LogP contribution >= 0.6 is 0 Å². The molecule has 1 aliphatic rings. The number of rotatable bonds is 2. The number of anilines is 1. The molecule has 0 saturated carbocycles. The Kier molecular flexibility index (Phi) is 3.34. The number of nitrogens with zero attached hydrogens (tertiary/aromatic N) is 1. The molecule has 8 heteroatoms. The van der Waals surface area contributed by atoms with Gasteiger partial charge in [0.25, 0.3) is 0 Å². The summed E-state index contributed by atoms with van der Waals surface area (Å²) in [6.07, 6.45) is 0.217. The highest BCUT2D eigenvalue weighted by molar-refractivity contribution is 5.86. The van der Waals surface area contributed by atoms with Crippen LogP contribution in [0.15, 0.2) is 0 Å². The lowest BCUT2D eigenvalue weighted by atomic mass is 10.2. The van der Waals surface area contributed by atoms with Crippen molar-refractivity contribution in [3.8, 4) is 0 Å². The minimum atomic E-state index is -2.23. The van der Waals surface area contributed by atoms with Gasteiger partial charge in [0.1, 0.15) is 11.7 Å². The van der Waals surface area contributed by atoms with Crippen molar-refractivity contribution in [1.29, 1.82) is 0 Å². The second kappa shape index (κ2) is 4.67. The summed E-state index contributed by atoms with van der Waals surface area (Å²) in [5, 5.41) is 2.08. The molecule has 0 radical (unpaired) electrons. The number of nitrogens with one attached hydrogen (secondary N) is 1. The second-order valence-electron chi connectivity index (χ2n) is 4.19. The molecule has 2 rings (SSSR count). The number of likely N-dealkylation sites (tertiary alicyclic amines) is 1. The Balaban J connectivity index is 2.39. The zero-order valence-corrected chi connectivity index (χ0v) is 9.74. The number of likely N-dealkylation sites (N-methyl/N-ethyl adjacent to an activating group) is 1. The number of hydrogen-bond acceptors (Lipinski definition) is 2. The Labute approximate surface area is 105 Å². The maximum Gasteiger partial charge on any atom is 0.244 e. The van der Waals surface area contributed by atoms with Crippen molar-refractivity contribution in [3.05, 3.63) is 29.1 Å². The van der Waals surface area contributed by atoms with Crippen molar-refractivity contribution >= 4 is 11.6 Å². The molecule has 1 saturated heterocycles. The van der Waals surface area contributed by atoms with E-state index in [2.05, 4.69) is 5.32 Å². The van der Waals surface area contributed by atoms with Crippen molar-refractivity contribution in [1.82, 2.24) is 4.90 Å². The minimum Gasteiger partial charge on any atom is -0.369 e. The van der Waals surface area contributed by atoms with Crippen LogP contribution in [-0.2, 0) is 4.79 Å². The zero-order chi connectivity index (χ0) is 14.3. The fourth-order valence-electron chi connectivity index (χ4n) is 1.86. The van der Waals surface area contributed by atoms with E-state index in [-0.39, 0.29) is 6.42 Å². The molecular formula is C11H9F5N2O. The number of halogens is 5. The molecule has 0 bridgehead atoms. The van der Waals surface area contributed by atoms with Crippen LogP contribution in [0.1, 0.15) is 6.42 Å². The molecule has 19 heavy (non-hydrogen) atoms. The van der Waals surface area contributed by atoms with Gasteiger partial charge in [-0.25, -0.2) is 22.0 Å². The molecule has 1 unspecified atom stereocenters. The summed E-state index contributed by atoms with van der Waals surface area (Å²) < 4.78 is 65.5. The molecule has 1 aromatic carbocycles. The molecule has 1 amide bonds. The van der Waals surface area contributed by atoms with Crippen molar-refractivity contribution in [2.75, 3.05) is 18.9 Å². The highest BCUT2D eigenvalue weighted by atomic mass is 19.2. The quantitative estimate of drug-likeness (QED) is 0.511. The average molecular weight is 280 g/mol. The van der Waals surface area contributed by atoms with Gasteiger partial charge in [0.15, 0.2) is 23.3 Å². The number of carbonyl (C=O) groups excluding carboxylic acids is 1. The molecule has 1 N–H and O–H groups in total. The van der Waals surface area contributed by atoms with Crippen LogP contribution in [0.2, 0.25) is 0 Å². The molecule has 1 aromatic rings. The predicted molar refractivity (Wildman–Crippen MR) is 55.9 cm³/mol. The molecule has 1 aliphatic heterocycles. The first kappa shape index (κ1) is 13.6. The minimum absolute atomic E-state index is 0.217. The Morgan fingerprint density at radius 3 is 1.89 bits per heavy atom. The monoisotopic (exact) mass is 280 g/mol. The third-order valence-corrected chi connectivity index (χ3v) is 2.96. The van der Waals surface area contributed by atoms with E-state index in [4.69, 9.17) is 0 Å². The van der Waals surface area contributed by atoms with Gasteiger partial charge in [0, 0.05) is 13.6 Å². The van der Waals surface area contributed by atoms with Crippen molar-refractivity contribution in [2.24, 2.45) is 0 Å². The van der Waals surface area contributed by atoms with Crippen molar-refractivity contribution < 1.29 is 26.7 Å². The van der Waals surface area contributed by atoms with Gasteiger partial charge in [-0.05, 0) is 6.42 Å². The first-order valence-corrected chi connectivity index (χ1v) is 5.37. The van der Waals surface area contributed by atoms with E-state index in [1.807, 2.05) is 0 Å². The van der Waals surface area contributed by atoms with E-state index in [1.165, 1.54) is 11.9 Å². The van der Waals surface area contributed by atoms with Gasteiger partial charge in [-0.1, -0.05) is 0 Å². The third-order valence-electron chi connectivity index (χ3n) is 2.96. The average Bonchev–Trinajstić information content (AvgIpc) is 2.71. The molecule has 0 spiro atoms. The van der Waals surface area contributed by atoms with Crippen molar-refractivity contribution in [2.45, 2.75) is 12.5 Å². The molecule has 3 nitrogen and oxygen atoms in total. The summed E-state index contributed by atoms with van der Waals surface area (Å²) in [5.41, 5.74) is -1.18. The second-order valence-corrected chi connectivity index (χ2v) is 4.19. The molecular weight excluding hydrogens is 271 g/mol. The fraction of sp³-hybridized carbons (Fsp3) is 0.364. The Bertz CT molecular complexity index is 519. The molecule has 1 fully saturated rings. The van der Waals surface area contributed by atoms with E-state index < -0.39 is 46.7 Å². The van der Waals surface area contributed by atoms with Crippen LogP contribution < -0.4 is 5.32 Å². The van der Waals surface area contributed by atoms with Gasteiger partial charge >= 0.3 is 0 Å². The number of carbonyl (C=O) groups is 1. The smallest absolute Gasteiger partial charge is 0.244 e. The molecule has 0 aliphatic carbocycles. The number of hydrogen-bond donors (Lipinski definition) is 1. The van der Waals surface area contributed by atoms with E-state index in [1.54, 1.807) is 0 Å². The van der Waals surface area contributed by atoms with Gasteiger partial charge in [-0.15, -0.1) is 0 Å². The van der Waals surface area contributed by atoms with E-state index in [0.717, 1.165) is 0 Å². The molecule has 1 atom stereocenters. The first-order chi connectivity index (χ1) is 8.84. The largest absolute Gasteiger partial charge is 0.369 e. The Morgan fingerprint density at radius 2 is 1.47 bits per heavy atom. The number of benzene rings is 1. The summed E-state index contributed by atoms with van der Waals surface area (Å²) in [6, 6.07) is -1.00. The SMILES string of the molecule is CN1CCC(Nc2c(F)c(F)c(F)c(F)c2F)C1=O. The number of amides is 1. The van der Waals surface area contributed by atoms with Crippen LogP contribution in [-0.4, -0.2) is 30.4 Å². The fourth-order valence-corrected chi connectivity index (χ4v) is 1.86. The lowest BCUT2D eigenvalue weighted by Crippen LogP contribution is -2.32. The summed E-state index contributed by atoms with van der Waals surface area (Å²) >= 11 is 0. The zero-order valence-electron chi connectivity index (χ0n) is 9.74. The van der Waals surface area contributed by atoms with E-state index >= 15 is 0 Å². The maximum atomic E-state index is 13.4.